The second kappa shape index (κ2) is 10.5. The van der Waals surface area contributed by atoms with Crippen LogP contribution in [0.1, 0.15) is 19.4 Å². The third-order valence-corrected chi connectivity index (χ3v) is 5.54. The van der Waals surface area contributed by atoms with Gasteiger partial charge in [-0.1, -0.05) is 49.3 Å². The summed E-state index contributed by atoms with van der Waals surface area (Å²) in [5.74, 6) is 2.26. The molecule has 0 spiro atoms. The average Bonchev–Trinajstić information content (AvgIpc) is 3.11. The molecule has 0 radical (unpaired) electrons. The van der Waals surface area contributed by atoms with Crippen LogP contribution in [0.2, 0.25) is 5.02 Å². The molecule has 3 aromatic rings. The highest BCUT2D eigenvalue weighted by Gasteiger charge is 2.13. The van der Waals surface area contributed by atoms with Gasteiger partial charge in [0.1, 0.15) is 5.75 Å². The molecule has 8 heteroatoms. The summed E-state index contributed by atoms with van der Waals surface area (Å²) in [4.78, 5) is 12.2. The van der Waals surface area contributed by atoms with Crippen molar-refractivity contribution < 1.29 is 9.53 Å². The van der Waals surface area contributed by atoms with Gasteiger partial charge >= 0.3 is 0 Å². The number of amides is 1. The minimum Gasteiger partial charge on any atom is -0.493 e. The number of nitrogens with one attached hydrogen (secondary N) is 1. The van der Waals surface area contributed by atoms with E-state index in [1.165, 1.54) is 11.8 Å². The molecule has 0 saturated carbocycles. The lowest BCUT2D eigenvalue weighted by Crippen LogP contribution is -2.24. The second-order valence-corrected chi connectivity index (χ2v) is 8.67. The highest BCUT2D eigenvalue weighted by Crippen LogP contribution is 2.24. The lowest BCUT2D eigenvalue weighted by molar-refractivity contribution is -0.118. The number of ether oxygens (including phenoxy) is 1. The molecule has 0 fully saturated rings. The molecule has 1 N–H and O–H groups in total. The molecular weight excluding hydrogens is 420 g/mol. The number of carbonyl (C=O) groups excluding carboxylic acids is 1. The zero-order chi connectivity index (χ0) is 21.5. The van der Waals surface area contributed by atoms with E-state index in [1.807, 2.05) is 60.1 Å². The summed E-state index contributed by atoms with van der Waals surface area (Å²) in [5, 5.41) is 12.8. The summed E-state index contributed by atoms with van der Waals surface area (Å²) in [7, 11) is 1.90. The molecule has 0 unspecified atom stereocenters. The Hall–Kier alpha value is -2.51. The SMILES string of the molecule is CC(C)COc1ccc(-c2nnc(SCC(=O)NCc3ccc(Cl)cc3)n2C)cc1. The minimum absolute atomic E-state index is 0.0637. The summed E-state index contributed by atoms with van der Waals surface area (Å²) in [6, 6.07) is 15.2. The van der Waals surface area contributed by atoms with Gasteiger partial charge in [0.15, 0.2) is 11.0 Å². The minimum atomic E-state index is -0.0637. The van der Waals surface area contributed by atoms with Crippen molar-refractivity contribution in [2.24, 2.45) is 13.0 Å². The fraction of sp³-hybridized carbons (Fsp3) is 0.318. The smallest absolute Gasteiger partial charge is 0.230 e. The van der Waals surface area contributed by atoms with Crippen LogP contribution in [0, 0.1) is 5.92 Å². The summed E-state index contributed by atoms with van der Waals surface area (Å²) < 4.78 is 7.61. The van der Waals surface area contributed by atoms with Gasteiger partial charge in [0.2, 0.25) is 5.91 Å². The van der Waals surface area contributed by atoms with Crippen LogP contribution >= 0.6 is 23.4 Å². The van der Waals surface area contributed by atoms with Crippen LogP contribution in [0.4, 0.5) is 0 Å². The van der Waals surface area contributed by atoms with Gasteiger partial charge in [-0.25, -0.2) is 0 Å². The lowest BCUT2D eigenvalue weighted by atomic mass is 10.2. The van der Waals surface area contributed by atoms with Crippen LogP contribution in [-0.2, 0) is 18.4 Å². The predicted molar refractivity (Wildman–Crippen MR) is 121 cm³/mol. The number of thioether (sulfide) groups is 1. The van der Waals surface area contributed by atoms with Crippen LogP contribution < -0.4 is 10.1 Å². The van der Waals surface area contributed by atoms with E-state index in [1.54, 1.807) is 0 Å². The fourth-order valence-corrected chi connectivity index (χ4v) is 3.51. The number of carbonyl (C=O) groups is 1. The van der Waals surface area contributed by atoms with Crippen LogP contribution in [-0.4, -0.2) is 33.0 Å². The van der Waals surface area contributed by atoms with Gasteiger partial charge in [0, 0.05) is 24.2 Å². The van der Waals surface area contributed by atoms with E-state index in [9.17, 15) is 4.79 Å². The van der Waals surface area contributed by atoms with Crippen molar-refractivity contribution >= 4 is 29.3 Å². The maximum atomic E-state index is 12.2. The molecule has 0 aliphatic heterocycles. The average molecular weight is 445 g/mol. The van der Waals surface area contributed by atoms with E-state index < -0.39 is 0 Å². The predicted octanol–water partition coefficient (Wildman–Crippen LogP) is 4.58. The molecule has 0 aliphatic carbocycles. The molecule has 6 nitrogen and oxygen atoms in total. The highest BCUT2D eigenvalue weighted by molar-refractivity contribution is 7.99. The van der Waals surface area contributed by atoms with Crippen molar-refractivity contribution in [1.29, 1.82) is 0 Å². The Labute approximate surface area is 186 Å². The summed E-state index contributed by atoms with van der Waals surface area (Å²) in [5.41, 5.74) is 1.94. The van der Waals surface area contributed by atoms with Crippen molar-refractivity contribution in [3.63, 3.8) is 0 Å². The molecule has 0 saturated heterocycles. The lowest BCUT2D eigenvalue weighted by Gasteiger charge is -2.09. The normalized spacial score (nSPS) is 11.0. The number of hydrogen-bond acceptors (Lipinski definition) is 5. The molecule has 1 heterocycles. The maximum absolute atomic E-state index is 12.2. The van der Waals surface area contributed by atoms with Crippen molar-refractivity contribution in [1.82, 2.24) is 20.1 Å². The Morgan fingerprint density at radius 1 is 1.13 bits per heavy atom. The molecule has 1 amide bonds. The first-order chi connectivity index (χ1) is 14.4. The van der Waals surface area contributed by atoms with E-state index >= 15 is 0 Å². The molecule has 30 heavy (non-hydrogen) atoms. The number of halogens is 1. The Morgan fingerprint density at radius 3 is 2.50 bits per heavy atom. The van der Waals surface area contributed by atoms with Crippen molar-refractivity contribution in [3.05, 3.63) is 59.1 Å². The van der Waals surface area contributed by atoms with Gasteiger partial charge in [0.25, 0.3) is 0 Å². The number of aromatic nitrogens is 3. The van der Waals surface area contributed by atoms with Crippen molar-refractivity contribution in [2.75, 3.05) is 12.4 Å². The first-order valence-electron chi connectivity index (χ1n) is 9.69. The zero-order valence-electron chi connectivity index (χ0n) is 17.3. The van der Waals surface area contributed by atoms with Gasteiger partial charge in [-0.15, -0.1) is 10.2 Å². The summed E-state index contributed by atoms with van der Waals surface area (Å²) in [6.45, 7) is 5.38. The monoisotopic (exact) mass is 444 g/mol. The third-order valence-electron chi connectivity index (χ3n) is 4.27. The molecular formula is C22H25ClN4O2S. The van der Waals surface area contributed by atoms with Crippen LogP contribution in [0.3, 0.4) is 0 Å². The topological polar surface area (TPSA) is 69.0 Å². The number of hydrogen-bond donors (Lipinski definition) is 1. The molecule has 0 bridgehead atoms. The zero-order valence-corrected chi connectivity index (χ0v) is 18.8. The summed E-state index contributed by atoms with van der Waals surface area (Å²) in [6.07, 6.45) is 0. The Kier molecular flexibility index (Phi) is 7.76. The molecule has 0 aliphatic rings. The van der Waals surface area contributed by atoms with Crippen LogP contribution in [0.15, 0.2) is 53.7 Å². The summed E-state index contributed by atoms with van der Waals surface area (Å²) >= 11 is 7.23. The molecule has 1 aromatic heterocycles. The maximum Gasteiger partial charge on any atom is 0.230 e. The Balaban J connectivity index is 1.53. The van der Waals surface area contributed by atoms with Gasteiger partial charge < -0.3 is 14.6 Å². The largest absolute Gasteiger partial charge is 0.493 e. The van der Waals surface area contributed by atoms with Gasteiger partial charge in [-0.3, -0.25) is 4.79 Å². The standard InChI is InChI=1S/C22H25ClN4O2S/c1-15(2)13-29-19-10-6-17(7-11-19)21-25-26-22(27(21)3)30-14-20(28)24-12-16-4-8-18(23)9-5-16/h4-11,15H,12-14H2,1-3H3,(H,24,28). The quantitative estimate of drug-likeness (QED) is 0.489. The number of nitrogens with zero attached hydrogens (tertiary/aromatic N) is 3. The van der Waals surface area contributed by atoms with E-state index in [0.717, 1.165) is 22.7 Å². The Morgan fingerprint density at radius 2 is 1.83 bits per heavy atom. The molecule has 0 atom stereocenters. The second-order valence-electron chi connectivity index (χ2n) is 7.29. The van der Waals surface area contributed by atoms with Crippen molar-refractivity contribution in [2.45, 2.75) is 25.5 Å². The van der Waals surface area contributed by atoms with E-state index in [0.29, 0.717) is 29.2 Å². The van der Waals surface area contributed by atoms with Crippen LogP contribution in [0.25, 0.3) is 11.4 Å². The van der Waals surface area contributed by atoms with Gasteiger partial charge in [-0.05, 0) is 47.9 Å². The third kappa shape index (κ3) is 6.24. The number of rotatable bonds is 9. The van der Waals surface area contributed by atoms with E-state index in [4.69, 9.17) is 16.3 Å². The van der Waals surface area contributed by atoms with E-state index in [2.05, 4.69) is 29.4 Å². The Bertz CT molecular complexity index is 972. The van der Waals surface area contributed by atoms with Crippen molar-refractivity contribution in [3.8, 4) is 17.1 Å². The first-order valence-corrected chi connectivity index (χ1v) is 11.1. The molecule has 2 aromatic carbocycles. The fourth-order valence-electron chi connectivity index (χ4n) is 2.64. The molecule has 3 rings (SSSR count). The molecule has 158 valence electrons. The highest BCUT2D eigenvalue weighted by atomic mass is 35.5. The van der Waals surface area contributed by atoms with E-state index in [-0.39, 0.29) is 11.7 Å². The van der Waals surface area contributed by atoms with Crippen LogP contribution in [0.5, 0.6) is 5.75 Å². The first kappa shape index (κ1) is 22.2. The van der Waals surface area contributed by atoms with Gasteiger partial charge in [0.05, 0.1) is 12.4 Å². The number of benzene rings is 2. The van der Waals surface area contributed by atoms with Gasteiger partial charge in [-0.2, -0.15) is 0 Å².